The number of aryl methyl sites for hydroxylation is 1. The number of rotatable bonds is 4. The summed E-state index contributed by atoms with van der Waals surface area (Å²) in [7, 11) is 0. The summed E-state index contributed by atoms with van der Waals surface area (Å²) in [6.45, 7) is 8.95. The van der Waals surface area contributed by atoms with Gasteiger partial charge in [-0.25, -0.2) is 9.78 Å². The van der Waals surface area contributed by atoms with Crippen molar-refractivity contribution in [1.29, 1.82) is 0 Å². The van der Waals surface area contributed by atoms with Crippen molar-refractivity contribution in [3.05, 3.63) is 17.7 Å². The molecule has 2 aliphatic rings. The van der Waals surface area contributed by atoms with Gasteiger partial charge in [0, 0.05) is 31.0 Å². The highest BCUT2D eigenvalue weighted by Gasteiger charge is 2.54. The molecule has 3 N–H and O–H groups in total. The fourth-order valence-electron chi connectivity index (χ4n) is 3.38. The Balaban J connectivity index is 1.57. The van der Waals surface area contributed by atoms with E-state index in [1.165, 1.54) is 0 Å². The molecule has 0 aromatic carbocycles. The Labute approximate surface area is 136 Å². The van der Waals surface area contributed by atoms with E-state index in [-0.39, 0.29) is 24.3 Å². The van der Waals surface area contributed by atoms with Crippen LogP contribution in [0.3, 0.4) is 0 Å². The summed E-state index contributed by atoms with van der Waals surface area (Å²) >= 11 is 0. The van der Waals surface area contributed by atoms with E-state index in [0.29, 0.717) is 12.5 Å². The minimum Gasteiger partial charge on any atom is -0.444 e. The van der Waals surface area contributed by atoms with Crippen LogP contribution in [0.1, 0.15) is 38.7 Å². The fourth-order valence-corrected chi connectivity index (χ4v) is 3.38. The summed E-state index contributed by atoms with van der Waals surface area (Å²) < 4.78 is 11.2. The Morgan fingerprint density at radius 1 is 1.48 bits per heavy atom. The maximum absolute atomic E-state index is 12.1. The fraction of sp³-hybridized carbons (Fsp3) is 0.750. The zero-order valence-electron chi connectivity index (χ0n) is 14.2. The van der Waals surface area contributed by atoms with Crippen molar-refractivity contribution in [2.45, 2.75) is 64.4 Å². The third-order valence-electron chi connectivity index (χ3n) is 4.35. The number of carbonyl (C=O) groups is 1. The molecule has 2 fully saturated rings. The van der Waals surface area contributed by atoms with Crippen molar-refractivity contribution >= 4 is 6.09 Å². The van der Waals surface area contributed by atoms with Crippen molar-refractivity contribution in [3.8, 4) is 0 Å². The average molecular weight is 322 g/mol. The second-order valence-electron chi connectivity index (χ2n) is 7.36. The smallest absolute Gasteiger partial charge is 0.407 e. The molecule has 1 aromatic rings. The number of amides is 1. The van der Waals surface area contributed by atoms with Crippen LogP contribution in [-0.2, 0) is 16.0 Å². The highest BCUT2D eigenvalue weighted by atomic mass is 16.6. The van der Waals surface area contributed by atoms with Gasteiger partial charge < -0.3 is 25.1 Å². The van der Waals surface area contributed by atoms with Gasteiger partial charge in [-0.15, -0.1) is 0 Å². The van der Waals surface area contributed by atoms with Gasteiger partial charge in [0.25, 0.3) is 0 Å². The van der Waals surface area contributed by atoms with Gasteiger partial charge in [-0.05, 0) is 34.1 Å². The first kappa shape index (κ1) is 16.3. The van der Waals surface area contributed by atoms with Crippen molar-refractivity contribution in [3.63, 3.8) is 0 Å². The van der Waals surface area contributed by atoms with E-state index in [9.17, 15) is 4.79 Å². The van der Waals surface area contributed by atoms with Gasteiger partial charge in [0.1, 0.15) is 11.4 Å². The van der Waals surface area contributed by atoms with Crippen LogP contribution in [0, 0.1) is 12.8 Å². The van der Waals surface area contributed by atoms with Crippen LogP contribution in [0.25, 0.3) is 0 Å². The minimum atomic E-state index is -0.490. The maximum Gasteiger partial charge on any atom is 0.407 e. The molecule has 1 aromatic heterocycles. The minimum absolute atomic E-state index is 0.0429. The van der Waals surface area contributed by atoms with Gasteiger partial charge >= 0.3 is 6.09 Å². The average Bonchev–Trinajstić information content (AvgIpc) is 3.02. The standard InChI is InChI=1S/C16H26N4O3/c1-9-17-7-10(19-9)8-18-13-12(11-5-6-22-14(11)13)20-15(21)23-16(2,3)4/h7,11-14,18H,5-6,8H2,1-4H3,(H,17,19)(H,20,21). The number of H-pyrrole nitrogens is 1. The lowest BCUT2D eigenvalue weighted by molar-refractivity contribution is -0.0345. The molecule has 1 amide bonds. The summed E-state index contributed by atoms with van der Waals surface area (Å²) in [6, 6.07) is 0.139. The summed E-state index contributed by atoms with van der Waals surface area (Å²) in [6.07, 6.45) is 2.60. The predicted octanol–water partition coefficient (Wildman–Crippen LogP) is 1.49. The molecule has 128 valence electrons. The van der Waals surface area contributed by atoms with Crippen LogP contribution in [0.4, 0.5) is 4.79 Å². The van der Waals surface area contributed by atoms with Gasteiger partial charge in [0.2, 0.25) is 0 Å². The molecule has 4 unspecified atom stereocenters. The molecule has 7 nitrogen and oxygen atoms in total. The molecule has 1 saturated carbocycles. The number of ether oxygens (including phenoxy) is 2. The molecule has 7 heteroatoms. The lowest BCUT2D eigenvalue weighted by Gasteiger charge is -2.48. The Morgan fingerprint density at radius 3 is 2.91 bits per heavy atom. The Morgan fingerprint density at radius 2 is 2.26 bits per heavy atom. The van der Waals surface area contributed by atoms with Gasteiger partial charge in [0.15, 0.2) is 0 Å². The number of hydrogen-bond acceptors (Lipinski definition) is 5. The summed E-state index contributed by atoms with van der Waals surface area (Å²) in [5.74, 6) is 1.26. The summed E-state index contributed by atoms with van der Waals surface area (Å²) in [5.41, 5.74) is 0.537. The van der Waals surface area contributed by atoms with Crippen molar-refractivity contribution in [1.82, 2.24) is 20.6 Å². The van der Waals surface area contributed by atoms with Gasteiger partial charge in [-0.2, -0.15) is 0 Å². The maximum atomic E-state index is 12.1. The number of fused-ring (bicyclic) bond motifs is 1. The van der Waals surface area contributed by atoms with Crippen molar-refractivity contribution in [2.24, 2.45) is 5.92 Å². The number of hydrogen-bond donors (Lipinski definition) is 3. The topological polar surface area (TPSA) is 88.3 Å². The molecule has 1 saturated heterocycles. The molecular formula is C16H26N4O3. The van der Waals surface area contributed by atoms with E-state index in [0.717, 1.165) is 24.5 Å². The van der Waals surface area contributed by atoms with Crippen LogP contribution in [0.2, 0.25) is 0 Å². The van der Waals surface area contributed by atoms with E-state index in [2.05, 4.69) is 20.6 Å². The predicted molar refractivity (Wildman–Crippen MR) is 85.0 cm³/mol. The number of imidazole rings is 1. The summed E-state index contributed by atoms with van der Waals surface area (Å²) in [5, 5.41) is 6.48. The molecule has 4 atom stereocenters. The molecule has 1 aliphatic heterocycles. The molecule has 1 aliphatic carbocycles. The second kappa shape index (κ2) is 6.13. The van der Waals surface area contributed by atoms with Gasteiger partial charge in [-0.1, -0.05) is 0 Å². The highest BCUT2D eigenvalue weighted by Crippen LogP contribution is 2.39. The summed E-state index contributed by atoms with van der Waals surface area (Å²) in [4.78, 5) is 19.5. The van der Waals surface area contributed by atoms with E-state index in [1.807, 2.05) is 33.9 Å². The number of carbonyl (C=O) groups excluding carboxylic acids is 1. The van der Waals surface area contributed by atoms with E-state index in [4.69, 9.17) is 9.47 Å². The largest absolute Gasteiger partial charge is 0.444 e. The molecule has 2 heterocycles. The van der Waals surface area contributed by atoms with Gasteiger partial charge in [-0.3, -0.25) is 0 Å². The van der Waals surface area contributed by atoms with E-state index in [1.54, 1.807) is 0 Å². The normalized spacial score (nSPS) is 29.7. The molecule has 3 rings (SSSR count). The number of aromatic nitrogens is 2. The van der Waals surface area contributed by atoms with Crippen LogP contribution >= 0.6 is 0 Å². The van der Waals surface area contributed by atoms with Gasteiger partial charge in [0.05, 0.1) is 18.2 Å². The van der Waals surface area contributed by atoms with Crippen molar-refractivity contribution < 1.29 is 14.3 Å². The van der Waals surface area contributed by atoms with Crippen molar-refractivity contribution in [2.75, 3.05) is 6.61 Å². The first-order valence-electron chi connectivity index (χ1n) is 8.18. The molecule has 0 radical (unpaired) electrons. The first-order chi connectivity index (χ1) is 10.8. The Kier molecular flexibility index (Phi) is 4.33. The number of aromatic amines is 1. The number of alkyl carbamates (subject to hydrolysis) is 1. The zero-order chi connectivity index (χ0) is 16.6. The molecular weight excluding hydrogens is 296 g/mol. The molecule has 0 bridgehead atoms. The van der Waals surface area contributed by atoms with Crippen LogP contribution < -0.4 is 10.6 Å². The van der Waals surface area contributed by atoms with Crippen LogP contribution in [0.5, 0.6) is 0 Å². The monoisotopic (exact) mass is 322 g/mol. The highest BCUT2D eigenvalue weighted by molar-refractivity contribution is 5.68. The molecule has 0 spiro atoms. The quantitative estimate of drug-likeness (QED) is 0.781. The first-order valence-corrected chi connectivity index (χ1v) is 8.18. The molecule has 23 heavy (non-hydrogen) atoms. The van der Waals surface area contributed by atoms with E-state index >= 15 is 0 Å². The number of nitrogens with zero attached hydrogens (tertiary/aromatic N) is 1. The Bertz CT molecular complexity index is 566. The van der Waals surface area contributed by atoms with E-state index < -0.39 is 5.60 Å². The lowest BCUT2D eigenvalue weighted by atomic mass is 9.71. The zero-order valence-corrected chi connectivity index (χ0v) is 14.2. The lowest BCUT2D eigenvalue weighted by Crippen LogP contribution is -2.70. The Hall–Kier alpha value is -1.60. The second-order valence-corrected chi connectivity index (χ2v) is 7.36. The van der Waals surface area contributed by atoms with Crippen LogP contribution in [0.15, 0.2) is 6.20 Å². The third kappa shape index (κ3) is 3.67. The number of nitrogens with one attached hydrogen (secondary N) is 3. The van der Waals surface area contributed by atoms with Crippen LogP contribution in [-0.4, -0.2) is 46.5 Å². The third-order valence-corrected chi connectivity index (χ3v) is 4.35. The SMILES string of the molecule is Cc1ncc(CNC2C(NC(=O)OC(C)(C)C)C3CCOC32)[nH]1.